The maximum absolute atomic E-state index is 9.50. The molecule has 1 heterocycles. The average molecular weight is 178 g/mol. The van der Waals surface area contributed by atoms with Gasteiger partial charge in [-0.1, -0.05) is 37.3 Å². The Hall–Kier alpha value is -0.860. The molecule has 0 aromatic heterocycles. The monoisotopic (exact) mass is 178 g/mol. The molecule has 0 spiro atoms. The van der Waals surface area contributed by atoms with Crippen molar-refractivity contribution in [2.45, 2.75) is 31.7 Å². The van der Waals surface area contributed by atoms with Crippen LogP contribution in [0.3, 0.4) is 0 Å². The highest BCUT2D eigenvalue weighted by atomic mass is 16.6. The topological polar surface area (TPSA) is 32.8 Å². The Morgan fingerprint density at radius 1 is 1.38 bits per heavy atom. The number of hydrogen-bond acceptors (Lipinski definition) is 2. The second-order valence-electron chi connectivity index (χ2n) is 3.41. The summed E-state index contributed by atoms with van der Waals surface area (Å²) in [5, 5.41) is 9.50. The van der Waals surface area contributed by atoms with E-state index in [1.54, 1.807) is 0 Å². The fraction of sp³-hybridized carbons (Fsp3) is 0.455. The molecule has 1 aliphatic heterocycles. The summed E-state index contributed by atoms with van der Waals surface area (Å²) >= 11 is 0. The van der Waals surface area contributed by atoms with Crippen molar-refractivity contribution in [1.82, 2.24) is 0 Å². The first-order valence-corrected chi connectivity index (χ1v) is 4.71. The van der Waals surface area contributed by atoms with E-state index in [9.17, 15) is 5.11 Å². The number of benzene rings is 1. The molecule has 13 heavy (non-hydrogen) atoms. The molecule has 1 aliphatic rings. The molecule has 3 atom stereocenters. The van der Waals surface area contributed by atoms with Crippen LogP contribution < -0.4 is 0 Å². The number of hydrogen-bond donors (Lipinski definition) is 1. The fourth-order valence-electron chi connectivity index (χ4n) is 1.56. The molecule has 1 saturated heterocycles. The third-order valence-corrected chi connectivity index (χ3v) is 2.45. The normalized spacial score (nSPS) is 28.5. The number of ether oxygens (including phenoxy) is 1. The Morgan fingerprint density at radius 2 is 2.08 bits per heavy atom. The van der Waals surface area contributed by atoms with Crippen LogP contribution in [0.25, 0.3) is 0 Å². The predicted molar refractivity (Wildman–Crippen MR) is 50.4 cm³/mol. The summed E-state index contributed by atoms with van der Waals surface area (Å²) in [5.74, 6) is 0. The van der Waals surface area contributed by atoms with Crippen LogP contribution in [0.4, 0.5) is 0 Å². The first-order chi connectivity index (χ1) is 6.33. The van der Waals surface area contributed by atoms with Gasteiger partial charge in [0.1, 0.15) is 12.2 Å². The largest absolute Gasteiger partial charge is 0.390 e. The maximum atomic E-state index is 9.50. The van der Waals surface area contributed by atoms with Crippen molar-refractivity contribution in [3.8, 4) is 0 Å². The summed E-state index contributed by atoms with van der Waals surface area (Å²) in [6, 6.07) is 10.0. The van der Waals surface area contributed by atoms with Crippen molar-refractivity contribution in [3.05, 3.63) is 35.9 Å². The number of epoxide rings is 1. The Morgan fingerprint density at radius 3 is 2.69 bits per heavy atom. The molecule has 0 bridgehead atoms. The van der Waals surface area contributed by atoms with Crippen molar-refractivity contribution in [2.24, 2.45) is 0 Å². The van der Waals surface area contributed by atoms with Gasteiger partial charge in [0, 0.05) is 0 Å². The molecule has 0 saturated carbocycles. The van der Waals surface area contributed by atoms with E-state index in [-0.39, 0.29) is 18.3 Å². The molecule has 1 fully saturated rings. The van der Waals surface area contributed by atoms with E-state index in [0.29, 0.717) is 0 Å². The molecule has 2 heteroatoms. The van der Waals surface area contributed by atoms with Gasteiger partial charge in [-0.25, -0.2) is 0 Å². The quantitative estimate of drug-likeness (QED) is 0.717. The van der Waals surface area contributed by atoms with Crippen LogP contribution in [0.2, 0.25) is 0 Å². The average Bonchev–Trinajstić information content (AvgIpc) is 2.98. The van der Waals surface area contributed by atoms with E-state index in [1.807, 2.05) is 37.3 Å². The van der Waals surface area contributed by atoms with Gasteiger partial charge in [0.15, 0.2) is 0 Å². The van der Waals surface area contributed by atoms with Gasteiger partial charge in [-0.15, -0.1) is 0 Å². The SMILES string of the molecule is CC[C@H](O)[C@@H]1O[C@@H]1c1ccccc1. The molecule has 2 nitrogen and oxygen atoms in total. The summed E-state index contributed by atoms with van der Waals surface area (Å²) in [5.41, 5.74) is 1.17. The molecule has 2 rings (SSSR count). The Bertz CT molecular complexity index is 271. The van der Waals surface area contributed by atoms with E-state index in [2.05, 4.69) is 0 Å². The lowest BCUT2D eigenvalue weighted by atomic mass is 10.1. The van der Waals surface area contributed by atoms with Crippen molar-refractivity contribution < 1.29 is 9.84 Å². The molecule has 0 unspecified atom stereocenters. The van der Waals surface area contributed by atoms with Crippen LogP contribution in [0.1, 0.15) is 25.0 Å². The van der Waals surface area contributed by atoms with Crippen molar-refractivity contribution >= 4 is 0 Å². The molecule has 1 aromatic carbocycles. The minimum absolute atomic E-state index is 0.0207. The van der Waals surface area contributed by atoms with Gasteiger partial charge in [0.25, 0.3) is 0 Å². The van der Waals surface area contributed by atoms with Crippen LogP contribution in [0, 0.1) is 0 Å². The maximum Gasteiger partial charge on any atom is 0.115 e. The minimum atomic E-state index is -0.315. The first-order valence-electron chi connectivity index (χ1n) is 4.71. The second kappa shape index (κ2) is 3.48. The fourth-order valence-corrected chi connectivity index (χ4v) is 1.56. The van der Waals surface area contributed by atoms with E-state index >= 15 is 0 Å². The molecular weight excluding hydrogens is 164 g/mol. The number of aliphatic hydroxyl groups excluding tert-OH is 1. The third-order valence-electron chi connectivity index (χ3n) is 2.45. The molecule has 0 aliphatic carbocycles. The molecule has 0 amide bonds. The van der Waals surface area contributed by atoms with Gasteiger partial charge in [-0.05, 0) is 12.0 Å². The lowest BCUT2D eigenvalue weighted by Gasteiger charge is -2.01. The molecular formula is C11H14O2. The minimum Gasteiger partial charge on any atom is -0.390 e. The lowest BCUT2D eigenvalue weighted by molar-refractivity contribution is 0.131. The van der Waals surface area contributed by atoms with Crippen LogP contribution in [0.5, 0.6) is 0 Å². The van der Waals surface area contributed by atoms with Crippen LogP contribution in [-0.2, 0) is 4.74 Å². The van der Waals surface area contributed by atoms with E-state index in [4.69, 9.17) is 4.74 Å². The number of rotatable bonds is 3. The van der Waals surface area contributed by atoms with Crippen molar-refractivity contribution in [3.63, 3.8) is 0 Å². The van der Waals surface area contributed by atoms with Crippen LogP contribution in [0.15, 0.2) is 30.3 Å². The van der Waals surface area contributed by atoms with Gasteiger partial charge in [0.2, 0.25) is 0 Å². The van der Waals surface area contributed by atoms with Gasteiger partial charge in [-0.3, -0.25) is 0 Å². The summed E-state index contributed by atoms with van der Waals surface area (Å²) < 4.78 is 5.41. The van der Waals surface area contributed by atoms with E-state index in [0.717, 1.165) is 6.42 Å². The number of aliphatic hydroxyl groups is 1. The standard InChI is InChI=1S/C11H14O2/c1-2-9(12)11-10(13-11)8-6-4-3-5-7-8/h3-7,9-12H,2H2,1H3/t9-,10+,11-/m0/s1. The van der Waals surface area contributed by atoms with Gasteiger partial charge in [-0.2, -0.15) is 0 Å². The molecule has 1 aromatic rings. The van der Waals surface area contributed by atoms with Crippen LogP contribution in [-0.4, -0.2) is 17.3 Å². The van der Waals surface area contributed by atoms with E-state index in [1.165, 1.54) is 5.56 Å². The zero-order chi connectivity index (χ0) is 9.26. The first kappa shape index (κ1) is 8.73. The zero-order valence-electron chi connectivity index (χ0n) is 7.68. The lowest BCUT2D eigenvalue weighted by Crippen LogP contribution is -2.13. The van der Waals surface area contributed by atoms with Gasteiger partial charge >= 0.3 is 0 Å². The van der Waals surface area contributed by atoms with Crippen LogP contribution >= 0.6 is 0 Å². The summed E-state index contributed by atoms with van der Waals surface area (Å²) in [4.78, 5) is 0. The third kappa shape index (κ3) is 1.74. The highest BCUT2D eigenvalue weighted by molar-refractivity contribution is 5.22. The van der Waals surface area contributed by atoms with Crippen molar-refractivity contribution in [2.75, 3.05) is 0 Å². The summed E-state index contributed by atoms with van der Waals surface area (Å²) in [7, 11) is 0. The van der Waals surface area contributed by atoms with Gasteiger partial charge < -0.3 is 9.84 Å². The smallest absolute Gasteiger partial charge is 0.115 e. The van der Waals surface area contributed by atoms with E-state index < -0.39 is 0 Å². The zero-order valence-corrected chi connectivity index (χ0v) is 7.68. The summed E-state index contributed by atoms with van der Waals surface area (Å²) in [6.45, 7) is 1.97. The Labute approximate surface area is 78.2 Å². The predicted octanol–water partition coefficient (Wildman–Crippen LogP) is 1.90. The molecule has 1 N–H and O–H groups in total. The molecule has 0 radical (unpaired) electrons. The summed E-state index contributed by atoms with van der Waals surface area (Å²) in [6.07, 6.45) is 0.585. The Kier molecular flexibility index (Phi) is 2.34. The second-order valence-corrected chi connectivity index (χ2v) is 3.41. The highest BCUT2D eigenvalue weighted by Crippen LogP contribution is 2.41. The van der Waals surface area contributed by atoms with Crippen molar-refractivity contribution in [1.29, 1.82) is 0 Å². The highest BCUT2D eigenvalue weighted by Gasteiger charge is 2.44. The Balaban J connectivity index is 2.00. The molecule has 70 valence electrons. The van der Waals surface area contributed by atoms with Gasteiger partial charge in [0.05, 0.1) is 6.10 Å².